The summed E-state index contributed by atoms with van der Waals surface area (Å²) in [6.07, 6.45) is 1.84. The zero-order valence-corrected chi connectivity index (χ0v) is 17.1. The van der Waals surface area contributed by atoms with Gasteiger partial charge in [-0.25, -0.2) is 4.39 Å². The molecule has 1 atom stereocenters. The van der Waals surface area contributed by atoms with E-state index in [0.717, 1.165) is 36.4 Å². The van der Waals surface area contributed by atoms with Crippen LogP contribution in [0.2, 0.25) is 0 Å². The Morgan fingerprint density at radius 3 is 2.93 bits per heavy atom. The van der Waals surface area contributed by atoms with Crippen LogP contribution in [0.3, 0.4) is 0 Å². The largest absolute Gasteiger partial charge is 0.337 e. The van der Waals surface area contributed by atoms with E-state index in [0.29, 0.717) is 24.8 Å². The Morgan fingerprint density at radius 2 is 2.17 bits per heavy atom. The third-order valence-electron chi connectivity index (χ3n) is 5.13. The summed E-state index contributed by atoms with van der Waals surface area (Å²) in [5.74, 6) is 0.783. The van der Waals surface area contributed by atoms with Crippen molar-refractivity contribution in [1.82, 2.24) is 19.9 Å². The molecule has 3 heterocycles. The molecule has 4 rings (SSSR count). The Balaban J connectivity index is 1.33. The highest BCUT2D eigenvalue weighted by molar-refractivity contribution is 7.13. The normalized spacial score (nSPS) is 17.4. The lowest BCUT2D eigenvalue weighted by Gasteiger charge is -2.33. The molecule has 0 aliphatic carbocycles. The number of aromatic nitrogens is 2. The summed E-state index contributed by atoms with van der Waals surface area (Å²) in [7, 11) is 1.77. The summed E-state index contributed by atoms with van der Waals surface area (Å²) >= 11 is 1.55. The van der Waals surface area contributed by atoms with E-state index in [2.05, 4.69) is 15.0 Å². The Morgan fingerprint density at radius 1 is 1.34 bits per heavy atom. The zero-order chi connectivity index (χ0) is 20.2. The van der Waals surface area contributed by atoms with Crippen LogP contribution in [0.15, 0.2) is 46.3 Å². The molecule has 0 spiro atoms. The van der Waals surface area contributed by atoms with Gasteiger partial charge in [0.05, 0.1) is 17.3 Å². The van der Waals surface area contributed by atoms with Gasteiger partial charge in [0.2, 0.25) is 17.6 Å². The number of carbonyl (C=O) groups excluding carboxylic acids is 1. The van der Waals surface area contributed by atoms with Gasteiger partial charge in [-0.3, -0.25) is 9.69 Å². The van der Waals surface area contributed by atoms with E-state index in [9.17, 15) is 9.18 Å². The minimum Gasteiger partial charge on any atom is -0.337 e. The summed E-state index contributed by atoms with van der Waals surface area (Å²) in [6.45, 7) is 2.66. The van der Waals surface area contributed by atoms with Crippen LogP contribution in [0, 0.1) is 11.7 Å². The van der Waals surface area contributed by atoms with Gasteiger partial charge >= 0.3 is 0 Å². The average Bonchev–Trinajstić information content (AvgIpc) is 3.41. The van der Waals surface area contributed by atoms with Crippen LogP contribution in [-0.4, -0.2) is 46.0 Å². The fraction of sp³-hybridized carbons (Fsp3) is 0.381. The second-order valence-corrected chi connectivity index (χ2v) is 8.33. The molecule has 0 radical (unpaired) electrons. The predicted molar refractivity (Wildman–Crippen MR) is 108 cm³/mol. The summed E-state index contributed by atoms with van der Waals surface area (Å²) in [5.41, 5.74) is 1.06. The lowest BCUT2D eigenvalue weighted by Crippen LogP contribution is -2.43. The quantitative estimate of drug-likeness (QED) is 0.614. The second kappa shape index (κ2) is 8.84. The van der Waals surface area contributed by atoms with Gasteiger partial charge in [0, 0.05) is 20.1 Å². The van der Waals surface area contributed by atoms with Crippen molar-refractivity contribution in [1.29, 1.82) is 0 Å². The van der Waals surface area contributed by atoms with Crippen molar-refractivity contribution in [3.8, 4) is 10.7 Å². The summed E-state index contributed by atoms with van der Waals surface area (Å²) in [5, 5.41) is 5.96. The maximum absolute atomic E-state index is 13.1. The maximum atomic E-state index is 13.1. The van der Waals surface area contributed by atoms with E-state index in [1.54, 1.807) is 35.4 Å². The van der Waals surface area contributed by atoms with Gasteiger partial charge in [-0.2, -0.15) is 4.98 Å². The smallest absolute Gasteiger partial charge is 0.246 e. The first kappa shape index (κ1) is 19.7. The first-order valence-electron chi connectivity index (χ1n) is 9.67. The standard InChI is InChI=1S/C21H23FN4O2S/c1-25(14-19-23-20(24-28-19)18-5-3-11-29-18)21(27)16-4-2-10-26(13-16)12-15-6-8-17(22)9-7-15/h3,5-9,11,16H,2,4,10,12-14H2,1H3. The van der Waals surface area contributed by atoms with Gasteiger partial charge in [0.25, 0.3) is 0 Å². The SMILES string of the molecule is CN(Cc1nc(-c2cccs2)no1)C(=O)C1CCCN(Cc2ccc(F)cc2)C1. The Bertz CT molecular complexity index is 942. The molecular weight excluding hydrogens is 391 g/mol. The molecule has 152 valence electrons. The summed E-state index contributed by atoms with van der Waals surface area (Å²) in [4.78, 5) is 22.2. The van der Waals surface area contributed by atoms with E-state index in [1.807, 2.05) is 17.5 Å². The molecule has 6 nitrogen and oxygen atoms in total. The van der Waals surface area contributed by atoms with Gasteiger partial charge in [-0.15, -0.1) is 11.3 Å². The second-order valence-electron chi connectivity index (χ2n) is 7.38. The predicted octanol–water partition coefficient (Wildman–Crippen LogP) is 3.81. The number of amides is 1. The number of hydrogen-bond acceptors (Lipinski definition) is 6. The van der Waals surface area contributed by atoms with Crippen molar-refractivity contribution in [3.05, 3.63) is 59.0 Å². The number of rotatable bonds is 6. The van der Waals surface area contributed by atoms with Crippen LogP contribution in [-0.2, 0) is 17.9 Å². The number of benzene rings is 1. The fourth-order valence-corrected chi connectivity index (χ4v) is 4.32. The third-order valence-corrected chi connectivity index (χ3v) is 6.00. The Kier molecular flexibility index (Phi) is 6.01. The molecule has 0 bridgehead atoms. The van der Waals surface area contributed by atoms with Crippen molar-refractivity contribution >= 4 is 17.2 Å². The summed E-state index contributed by atoms with van der Waals surface area (Å²) < 4.78 is 18.4. The zero-order valence-electron chi connectivity index (χ0n) is 16.3. The van der Waals surface area contributed by atoms with Crippen LogP contribution in [0.25, 0.3) is 10.7 Å². The number of carbonyl (C=O) groups is 1. The van der Waals surface area contributed by atoms with Crippen molar-refractivity contribution in [2.45, 2.75) is 25.9 Å². The topological polar surface area (TPSA) is 62.5 Å². The first-order chi connectivity index (χ1) is 14.1. The molecular formula is C21H23FN4O2S. The maximum Gasteiger partial charge on any atom is 0.246 e. The number of hydrogen-bond donors (Lipinski definition) is 0. The van der Waals surface area contributed by atoms with E-state index in [-0.39, 0.29) is 17.6 Å². The molecule has 1 fully saturated rings. The Labute approximate surface area is 172 Å². The van der Waals surface area contributed by atoms with Crippen LogP contribution in [0.4, 0.5) is 4.39 Å². The lowest BCUT2D eigenvalue weighted by atomic mass is 9.96. The molecule has 1 aliphatic heterocycles. The van der Waals surface area contributed by atoms with E-state index in [1.165, 1.54) is 12.1 Å². The Hall–Kier alpha value is -2.58. The van der Waals surface area contributed by atoms with Crippen molar-refractivity contribution in [2.75, 3.05) is 20.1 Å². The first-order valence-corrected chi connectivity index (χ1v) is 10.5. The van der Waals surface area contributed by atoms with Crippen LogP contribution in [0.5, 0.6) is 0 Å². The number of thiophene rings is 1. The van der Waals surface area contributed by atoms with Gasteiger partial charge in [-0.05, 0) is 48.5 Å². The number of likely N-dealkylation sites (tertiary alicyclic amines) is 1. The molecule has 29 heavy (non-hydrogen) atoms. The van der Waals surface area contributed by atoms with Crippen molar-refractivity contribution < 1.29 is 13.7 Å². The van der Waals surface area contributed by atoms with Crippen LogP contribution < -0.4 is 0 Å². The molecule has 1 unspecified atom stereocenters. The number of piperidine rings is 1. The fourth-order valence-electron chi connectivity index (χ4n) is 3.67. The minimum absolute atomic E-state index is 0.0612. The van der Waals surface area contributed by atoms with Gasteiger partial charge in [0.15, 0.2) is 0 Å². The molecule has 3 aromatic rings. The van der Waals surface area contributed by atoms with E-state index in [4.69, 9.17) is 4.52 Å². The van der Waals surface area contributed by atoms with Crippen molar-refractivity contribution in [3.63, 3.8) is 0 Å². The number of nitrogens with zero attached hydrogens (tertiary/aromatic N) is 4. The van der Waals surface area contributed by atoms with Crippen LogP contribution in [0.1, 0.15) is 24.3 Å². The minimum atomic E-state index is -0.231. The van der Waals surface area contributed by atoms with Crippen molar-refractivity contribution in [2.24, 2.45) is 5.92 Å². The summed E-state index contributed by atoms with van der Waals surface area (Å²) in [6, 6.07) is 10.4. The molecule has 1 saturated heterocycles. The van der Waals surface area contributed by atoms with E-state index >= 15 is 0 Å². The molecule has 0 N–H and O–H groups in total. The molecule has 1 aliphatic rings. The molecule has 2 aromatic heterocycles. The van der Waals surface area contributed by atoms with Gasteiger partial charge in [0.1, 0.15) is 5.82 Å². The van der Waals surface area contributed by atoms with Gasteiger partial charge < -0.3 is 9.42 Å². The average molecular weight is 415 g/mol. The van der Waals surface area contributed by atoms with E-state index < -0.39 is 0 Å². The molecule has 8 heteroatoms. The molecule has 1 aromatic carbocycles. The van der Waals surface area contributed by atoms with Crippen LogP contribution >= 0.6 is 11.3 Å². The highest BCUT2D eigenvalue weighted by Crippen LogP contribution is 2.23. The lowest BCUT2D eigenvalue weighted by molar-refractivity contribution is -0.137. The molecule has 1 amide bonds. The van der Waals surface area contributed by atoms with Gasteiger partial charge in [-0.1, -0.05) is 23.4 Å². The third kappa shape index (κ3) is 4.89. The highest BCUT2D eigenvalue weighted by atomic mass is 32.1. The monoisotopic (exact) mass is 414 g/mol. The highest BCUT2D eigenvalue weighted by Gasteiger charge is 2.28. The number of halogens is 1. The molecule has 0 saturated carbocycles.